The minimum absolute atomic E-state index is 0.129. The second-order valence-electron chi connectivity index (χ2n) is 3.10. The van der Waals surface area contributed by atoms with Crippen LogP contribution in [0.4, 0.5) is 0 Å². The van der Waals surface area contributed by atoms with Crippen LogP contribution in [-0.4, -0.2) is 21.2 Å². The number of unbranched alkanes of at least 4 members (excludes halogenated alkanes) is 4. The van der Waals surface area contributed by atoms with E-state index in [1.54, 1.807) is 0 Å². The Morgan fingerprint density at radius 3 is 2.23 bits per heavy atom. The van der Waals surface area contributed by atoms with Crippen molar-refractivity contribution >= 4 is 10.1 Å². The van der Waals surface area contributed by atoms with Crippen LogP contribution < -0.4 is 0 Å². The minimum atomic E-state index is -3.70. The van der Waals surface area contributed by atoms with Gasteiger partial charge in [-0.25, -0.2) is 0 Å². The van der Waals surface area contributed by atoms with Gasteiger partial charge >= 0.3 is 0 Å². The molecular formula is C9H20O3S. The lowest BCUT2D eigenvalue weighted by atomic mass is 10.1. The molecule has 0 fully saturated rings. The molecule has 0 aliphatic rings. The van der Waals surface area contributed by atoms with Gasteiger partial charge in [0.15, 0.2) is 0 Å². The third-order valence-electron chi connectivity index (χ3n) is 1.59. The number of rotatable bonds is 8. The van der Waals surface area contributed by atoms with Crippen molar-refractivity contribution in [2.24, 2.45) is 0 Å². The van der Waals surface area contributed by atoms with E-state index in [2.05, 4.69) is 11.1 Å². The van der Waals surface area contributed by atoms with E-state index in [4.69, 9.17) is 2.74 Å². The van der Waals surface area contributed by atoms with E-state index < -0.39 is 16.7 Å². The van der Waals surface area contributed by atoms with Crippen molar-refractivity contribution in [1.29, 1.82) is 0 Å². The summed E-state index contributed by atoms with van der Waals surface area (Å²) in [6, 6.07) is 0. The monoisotopic (exact) mass is 210 g/mol. The largest absolute Gasteiger partial charge is 0.270 e. The second-order valence-corrected chi connectivity index (χ2v) is 4.67. The lowest BCUT2D eigenvalue weighted by Gasteiger charge is -2.00. The van der Waals surface area contributed by atoms with Crippen LogP contribution in [0.5, 0.6) is 0 Å². The van der Waals surface area contributed by atoms with E-state index >= 15 is 0 Å². The molecule has 0 saturated heterocycles. The van der Waals surface area contributed by atoms with Crippen molar-refractivity contribution in [3.05, 3.63) is 0 Å². The average molecular weight is 210 g/mol. The minimum Gasteiger partial charge on any atom is -0.270 e. The van der Waals surface area contributed by atoms with Crippen molar-refractivity contribution in [3.63, 3.8) is 0 Å². The van der Waals surface area contributed by atoms with Gasteiger partial charge in [0.05, 0.1) is 15.6 Å². The molecule has 0 amide bonds. The Hall–Kier alpha value is -0.0900. The fourth-order valence-corrected chi connectivity index (χ4v) is 1.25. The van der Waals surface area contributed by atoms with Gasteiger partial charge in [-0.3, -0.25) is 4.18 Å². The zero-order valence-electron chi connectivity index (χ0n) is 10.4. The van der Waals surface area contributed by atoms with Crippen LogP contribution in [0, 0.1) is 0 Å². The summed E-state index contributed by atoms with van der Waals surface area (Å²) in [5.74, 6) is 0. The first-order chi connectivity index (χ1) is 6.77. The Morgan fingerprint density at radius 2 is 1.69 bits per heavy atom. The highest BCUT2D eigenvalue weighted by atomic mass is 32.2. The summed E-state index contributed by atoms with van der Waals surface area (Å²) in [6.45, 7) is 0.0475. The zero-order chi connectivity index (χ0) is 11.9. The molecule has 0 aliphatic carbocycles. The van der Waals surface area contributed by atoms with Gasteiger partial charge in [0.25, 0.3) is 10.1 Å². The predicted octanol–water partition coefficient (Wildman–Crippen LogP) is 2.32. The Morgan fingerprint density at radius 1 is 1.15 bits per heavy atom. The van der Waals surface area contributed by atoms with Gasteiger partial charge < -0.3 is 0 Å². The summed E-state index contributed by atoms with van der Waals surface area (Å²) in [5, 5.41) is 0. The normalized spacial score (nSPS) is 15.2. The van der Waals surface area contributed by atoms with Gasteiger partial charge in [0, 0.05) is 0 Å². The van der Waals surface area contributed by atoms with Crippen molar-refractivity contribution in [2.45, 2.75) is 45.4 Å². The molecule has 3 nitrogen and oxygen atoms in total. The molecule has 0 spiro atoms. The van der Waals surface area contributed by atoms with Crippen LogP contribution in [0.3, 0.4) is 0 Å². The first-order valence-electron chi connectivity index (χ1n) is 5.67. The lowest BCUT2D eigenvalue weighted by molar-refractivity contribution is 0.309. The maximum atomic E-state index is 10.7. The quantitative estimate of drug-likeness (QED) is 0.456. The average Bonchev–Trinajstić information content (AvgIpc) is 1.99. The molecule has 4 heteroatoms. The highest BCUT2D eigenvalue weighted by Crippen LogP contribution is 2.05. The third kappa shape index (κ3) is 11.9. The predicted molar refractivity (Wildman–Crippen MR) is 54.2 cm³/mol. The van der Waals surface area contributed by atoms with E-state index in [1.807, 2.05) is 0 Å². The molecule has 0 aromatic rings. The topological polar surface area (TPSA) is 43.4 Å². The van der Waals surface area contributed by atoms with Gasteiger partial charge in [-0.15, -0.1) is 0 Å². The van der Waals surface area contributed by atoms with Crippen molar-refractivity contribution in [2.75, 3.05) is 12.8 Å². The molecule has 0 aromatic heterocycles. The SMILES string of the molecule is [2H]C([2H])(CCCCCCC)OS(C)(=O)=O. The molecule has 0 saturated carbocycles. The second kappa shape index (κ2) is 7.33. The molecule has 0 rings (SSSR count). The maximum absolute atomic E-state index is 10.7. The Labute approximate surface area is 84.4 Å². The lowest BCUT2D eigenvalue weighted by Crippen LogP contribution is -2.03. The van der Waals surface area contributed by atoms with Crippen molar-refractivity contribution in [3.8, 4) is 0 Å². The molecule has 0 bridgehead atoms. The number of hydrogen-bond acceptors (Lipinski definition) is 3. The first-order valence-corrected chi connectivity index (χ1v) is 6.49. The van der Waals surface area contributed by atoms with E-state index in [-0.39, 0.29) is 6.42 Å². The van der Waals surface area contributed by atoms with Gasteiger partial charge in [-0.1, -0.05) is 39.0 Å². The van der Waals surface area contributed by atoms with Crippen molar-refractivity contribution < 1.29 is 15.3 Å². The highest BCUT2D eigenvalue weighted by Gasteiger charge is 1.99. The zero-order valence-corrected chi connectivity index (χ0v) is 9.19. The fraction of sp³-hybridized carbons (Fsp3) is 1.00. The van der Waals surface area contributed by atoms with Crippen LogP contribution in [0.15, 0.2) is 0 Å². The molecule has 0 unspecified atom stereocenters. The molecule has 80 valence electrons. The third-order valence-corrected chi connectivity index (χ3v) is 2.01. The van der Waals surface area contributed by atoms with Gasteiger partial charge in [0.2, 0.25) is 0 Å². The summed E-state index contributed by atoms with van der Waals surface area (Å²) < 4.78 is 40.4. The van der Waals surface area contributed by atoms with Crippen LogP contribution in [-0.2, 0) is 14.3 Å². The first kappa shape index (κ1) is 9.46. The molecule has 0 atom stereocenters. The Bertz CT molecular complexity index is 263. The summed E-state index contributed by atoms with van der Waals surface area (Å²) in [5.41, 5.74) is 0. The summed E-state index contributed by atoms with van der Waals surface area (Å²) in [7, 11) is -3.70. The number of hydrogen-bond donors (Lipinski definition) is 0. The molecule has 0 N–H and O–H groups in total. The molecule has 0 aromatic carbocycles. The van der Waals surface area contributed by atoms with E-state index in [9.17, 15) is 8.42 Å². The van der Waals surface area contributed by atoms with E-state index in [0.29, 0.717) is 6.42 Å². The molecule has 0 aliphatic heterocycles. The highest BCUT2D eigenvalue weighted by molar-refractivity contribution is 7.85. The summed E-state index contributed by atoms with van der Waals surface area (Å²) in [6.07, 6.45) is 5.89. The molecule has 0 radical (unpaired) electrons. The molecular weight excluding hydrogens is 188 g/mol. The van der Waals surface area contributed by atoms with Crippen molar-refractivity contribution in [1.82, 2.24) is 0 Å². The van der Waals surface area contributed by atoms with Gasteiger partial charge in [0.1, 0.15) is 0 Å². The standard InChI is InChI=1S/C9H20O3S/c1-3-4-5-6-7-8-9-12-13(2,10)11/h3-9H2,1-2H3/i9D2. The Balaban J connectivity index is 3.75. The van der Waals surface area contributed by atoms with Crippen LogP contribution in [0.25, 0.3) is 0 Å². The fourth-order valence-electron chi connectivity index (χ4n) is 0.949. The van der Waals surface area contributed by atoms with Gasteiger partial charge in [-0.05, 0) is 6.42 Å². The molecule has 13 heavy (non-hydrogen) atoms. The Kier molecular flexibility index (Phi) is 5.33. The summed E-state index contributed by atoms with van der Waals surface area (Å²) in [4.78, 5) is 0. The van der Waals surface area contributed by atoms with Gasteiger partial charge in [-0.2, -0.15) is 8.42 Å². The van der Waals surface area contributed by atoms with Crippen LogP contribution >= 0.6 is 0 Å². The molecule has 0 heterocycles. The van der Waals surface area contributed by atoms with E-state index in [1.165, 1.54) is 0 Å². The van der Waals surface area contributed by atoms with Crippen LogP contribution in [0.2, 0.25) is 0 Å². The van der Waals surface area contributed by atoms with Crippen LogP contribution in [0.1, 0.15) is 48.2 Å². The maximum Gasteiger partial charge on any atom is 0.264 e. The summed E-state index contributed by atoms with van der Waals surface area (Å²) >= 11 is 0. The van der Waals surface area contributed by atoms with E-state index in [0.717, 1.165) is 31.9 Å². The smallest absolute Gasteiger partial charge is 0.264 e.